The van der Waals surface area contributed by atoms with Gasteiger partial charge in [0.25, 0.3) is 0 Å². The zero-order valence-corrected chi connectivity index (χ0v) is 13.4. The summed E-state index contributed by atoms with van der Waals surface area (Å²) in [6.07, 6.45) is -4.40. The number of hydrogen-bond acceptors (Lipinski definition) is 2. The fourth-order valence-corrected chi connectivity index (χ4v) is 3.85. The Morgan fingerprint density at radius 1 is 1.04 bits per heavy atom. The smallest absolute Gasteiger partial charge is 0.353 e. The molecule has 1 amide bonds. The van der Waals surface area contributed by atoms with Crippen molar-refractivity contribution in [2.75, 3.05) is 19.6 Å². The van der Waals surface area contributed by atoms with Gasteiger partial charge in [0.15, 0.2) is 0 Å². The number of nitrogens with zero attached hydrogens (tertiary/aromatic N) is 1. The van der Waals surface area contributed by atoms with Crippen molar-refractivity contribution in [3.8, 4) is 0 Å². The zero-order valence-electron chi connectivity index (χ0n) is 13.4. The van der Waals surface area contributed by atoms with Gasteiger partial charge in [0, 0.05) is 25.6 Å². The Balaban J connectivity index is 1.88. The van der Waals surface area contributed by atoms with Gasteiger partial charge >= 0.3 is 6.18 Å². The van der Waals surface area contributed by atoms with Gasteiger partial charge in [-0.3, -0.25) is 9.69 Å². The highest BCUT2D eigenvalue weighted by Crippen LogP contribution is 2.42. The van der Waals surface area contributed by atoms with Gasteiger partial charge < -0.3 is 5.32 Å². The third kappa shape index (κ3) is 2.80. The number of halogens is 3. The summed E-state index contributed by atoms with van der Waals surface area (Å²) in [6.45, 7) is 1.80. The van der Waals surface area contributed by atoms with Crippen LogP contribution in [0.3, 0.4) is 0 Å². The number of fused-ring (bicyclic) bond motifs is 3. The number of hydrogen-bond donors (Lipinski definition) is 1. The molecule has 4 rings (SSSR count). The number of nitrogens with one attached hydrogen (secondary N) is 1. The van der Waals surface area contributed by atoms with Crippen LogP contribution < -0.4 is 5.32 Å². The molecule has 2 aromatic carbocycles. The number of carbonyl (C=O) groups excluding carboxylic acids is 1. The second-order valence-corrected chi connectivity index (χ2v) is 6.49. The van der Waals surface area contributed by atoms with Crippen LogP contribution in [0.5, 0.6) is 0 Å². The summed E-state index contributed by atoms with van der Waals surface area (Å²) in [5, 5.41) is 2.82. The summed E-state index contributed by atoms with van der Waals surface area (Å²) in [4.78, 5) is 14.4. The third-order valence-corrected chi connectivity index (χ3v) is 5.01. The van der Waals surface area contributed by atoms with Crippen LogP contribution in [-0.2, 0) is 11.0 Å². The maximum absolute atomic E-state index is 13.2. The van der Waals surface area contributed by atoms with E-state index in [-0.39, 0.29) is 11.8 Å². The molecule has 2 heterocycles. The molecule has 1 fully saturated rings. The molecule has 0 spiro atoms. The molecule has 0 aromatic heterocycles. The first kappa shape index (κ1) is 16.1. The number of rotatable bonds is 1. The second kappa shape index (κ2) is 5.88. The molecule has 6 heteroatoms. The summed E-state index contributed by atoms with van der Waals surface area (Å²) < 4.78 is 39.6. The van der Waals surface area contributed by atoms with Crippen LogP contribution in [-0.4, -0.2) is 30.4 Å². The van der Waals surface area contributed by atoms with E-state index in [0.29, 0.717) is 30.8 Å². The van der Waals surface area contributed by atoms with E-state index in [0.717, 1.165) is 11.6 Å². The first-order valence-electron chi connectivity index (χ1n) is 8.23. The maximum Gasteiger partial charge on any atom is 0.416 e. The van der Waals surface area contributed by atoms with Crippen molar-refractivity contribution in [2.24, 2.45) is 0 Å². The van der Waals surface area contributed by atoms with Crippen LogP contribution >= 0.6 is 0 Å². The molecule has 1 N–H and O–H groups in total. The van der Waals surface area contributed by atoms with Gasteiger partial charge in [0.05, 0.1) is 5.56 Å². The minimum Gasteiger partial charge on any atom is -0.353 e. The van der Waals surface area contributed by atoms with Crippen molar-refractivity contribution in [2.45, 2.75) is 18.1 Å². The first-order chi connectivity index (χ1) is 11.9. The SMILES string of the molecule is O=C1NCCN2CC(c3ccccc3)c3cc(C(F)(F)F)ccc3C12. The number of carbonyl (C=O) groups is 1. The van der Waals surface area contributed by atoms with Crippen molar-refractivity contribution < 1.29 is 18.0 Å². The van der Waals surface area contributed by atoms with Gasteiger partial charge in [0.1, 0.15) is 6.04 Å². The fourth-order valence-electron chi connectivity index (χ4n) is 3.85. The van der Waals surface area contributed by atoms with E-state index < -0.39 is 17.8 Å². The van der Waals surface area contributed by atoms with E-state index in [1.807, 2.05) is 30.3 Å². The summed E-state index contributed by atoms with van der Waals surface area (Å²) in [5.41, 5.74) is 1.56. The molecular formula is C19H17F3N2O. The lowest BCUT2D eigenvalue weighted by atomic mass is 9.79. The normalized spacial score (nSPS) is 23.6. The van der Waals surface area contributed by atoms with E-state index in [4.69, 9.17) is 0 Å². The summed E-state index contributed by atoms with van der Waals surface area (Å²) >= 11 is 0. The molecule has 2 aliphatic rings. The van der Waals surface area contributed by atoms with Crippen LogP contribution in [0, 0.1) is 0 Å². The van der Waals surface area contributed by atoms with Gasteiger partial charge in [-0.05, 0) is 28.8 Å². The molecule has 1 saturated heterocycles. The Kier molecular flexibility index (Phi) is 3.80. The molecule has 0 aliphatic carbocycles. The van der Waals surface area contributed by atoms with Crippen molar-refractivity contribution in [1.82, 2.24) is 10.2 Å². The topological polar surface area (TPSA) is 32.3 Å². The minimum atomic E-state index is -4.40. The van der Waals surface area contributed by atoms with Crippen molar-refractivity contribution in [1.29, 1.82) is 0 Å². The Morgan fingerprint density at radius 3 is 2.52 bits per heavy atom. The summed E-state index contributed by atoms with van der Waals surface area (Å²) in [6, 6.07) is 12.8. The quantitative estimate of drug-likeness (QED) is 0.859. The predicted molar refractivity (Wildman–Crippen MR) is 87.1 cm³/mol. The molecule has 130 valence electrons. The number of piperazine rings is 1. The van der Waals surface area contributed by atoms with E-state index in [2.05, 4.69) is 10.2 Å². The average Bonchev–Trinajstić information content (AvgIpc) is 2.60. The minimum absolute atomic E-state index is 0.140. The second-order valence-electron chi connectivity index (χ2n) is 6.49. The van der Waals surface area contributed by atoms with E-state index >= 15 is 0 Å². The van der Waals surface area contributed by atoms with Crippen LogP contribution in [0.15, 0.2) is 48.5 Å². The van der Waals surface area contributed by atoms with E-state index in [1.165, 1.54) is 12.1 Å². The van der Waals surface area contributed by atoms with Crippen molar-refractivity contribution in [3.05, 3.63) is 70.8 Å². The van der Waals surface area contributed by atoms with Gasteiger partial charge in [-0.15, -0.1) is 0 Å². The van der Waals surface area contributed by atoms with Gasteiger partial charge in [-0.25, -0.2) is 0 Å². The highest BCUT2D eigenvalue weighted by atomic mass is 19.4. The largest absolute Gasteiger partial charge is 0.416 e. The number of alkyl halides is 3. The van der Waals surface area contributed by atoms with Gasteiger partial charge in [-0.2, -0.15) is 13.2 Å². The van der Waals surface area contributed by atoms with Gasteiger partial charge in [0.2, 0.25) is 5.91 Å². The Bertz CT molecular complexity index is 804. The van der Waals surface area contributed by atoms with Crippen LogP contribution in [0.4, 0.5) is 13.2 Å². The zero-order chi connectivity index (χ0) is 17.6. The maximum atomic E-state index is 13.2. The Hall–Kier alpha value is -2.34. The molecule has 2 unspecified atom stereocenters. The number of amides is 1. The molecule has 3 nitrogen and oxygen atoms in total. The van der Waals surface area contributed by atoms with Crippen molar-refractivity contribution in [3.63, 3.8) is 0 Å². The highest BCUT2D eigenvalue weighted by Gasteiger charge is 2.41. The average molecular weight is 346 g/mol. The highest BCUT2D eigenvalue weighted by molar-refractivity contribution is 5.85. The summed E-state index contributed by atoms with van der Waals surface area (Å²) in [5.74, 6) is -0.320. The van der Waals surface area contributed by atoms with E-state index in [9.17, 15) is 18.0 Å². The lowest BCUT2D eigenvalue weighted by molar-refractivity contribution is -0.137. The first-order valence-corrected chi connectivity index (χ1v) is 8.23. The van der Waals surface area contributed by atoms with Crippen LogP contribution in [0.1, 0.15) is 34.2 Å². The lowest BCUT2D eigenvalue weighted by Gasteiger charge is -2.43. The molecular weight excluding hydrogens is 329 g/mol. The Labute approximate surface area is 143 Å². The standard InChI is InChI=1S/C19H17F3N2O/c20-19(21,22)13-6-7-14-15(10-13)16(12-4-2-1-3-5-12)11-24-9-8-23-18(25)17(14)24/h1-7,10,16-17H,8-9,11H2,(H,23,25). The van der Waals surface area contributed by atoms with Crippen molar-refractivity contribution >= 4 is 5.91 Å². The molecule has 25 heavy (non-hydrogen) atoms. The Morgan fingerprint density at radius 2 is 1.80 bits per heavy atom. The molecule has 2 aliphatic heterocycles. The fraction of sp³-hybridized carbons (Fsp3) is 0.316. The molecule has 0 radical (unpaired) electrons. The van der Waals surface area contributed by atoms with Crippen LogP contribution in [0.25, 0.3) is 0 Å². The monoisotopic (exact) mass is 346 g/mol. The predicted octanol–water partition coefficient (Wildman–Crippen LogP) is 3.32. The third-order valence-electron chi connectivity index (χ3n) is 5.01. The van der Waals surface area contributed by atoms with Crippen LogP contribution in [0.2, 0.25) is 0 Å². The van der Waals surface area contributed by atoms with E-state index in [1.54, 1.807) is 0 Å². The lowest BCUT2D eigenvalue weighted by Crippen LogP contribution is -2.53. The molecule has 2 aromatic rings. The molecule has 0 saturated carbocycles. The van der Waals surface area contributed by atoms with Gasteiger partial charge in [-0.1, -0.05) is 36.4 Å². The molecule has 0 bridgehead atoms. The summed E-state index contributed by atoms with van der Waals surface area (Å²) in [7, 11) is 0. The molecule has 2 atom stereocenters. The number of benzene rings is 2.